The van der Waals surface area contributed by atoms with Gasteiger partial charge in [-0.1, -0.05) is 12.8 Å². The van der Waals surface area contributed by atoms with Crippen LogP contribution < -0.4 is 20.9 Å². The topological polar surface area (TPSA) is 159 Å². The highest BCUT2D eigenvalue weighted by molar-refractivity contribution is 7.92. The highest BCUT2D eigenvalue weighted by Gasteiger charge is 2.28. The number of anilines is 3. The maximum atomic E-state index is 13.2. The monoisotopic (exact) mass is 536 g/mol. The Kier molecular flexibility index (Phi) is 7.18. The number of hydrogen-bond donors (Lipinski definition) is 4. The summed E-state index contributed by atoms with van der Waals surface area (Å²) in [6, 6.07) is 9.75. The SMILES string of the molecule is CNN(NC)C(=O)c1cc2cnc(Nc3ccc(S(=O)(=O)Nc4ncccn4)cc3)nc2n1C1CCCC1. The molecular formula is C24H28N10O3S. The number of carbonyl (C=O) groups is 1. The number of fused-ring (bicyclic) bond motifs is 1. The number of sulfonamides is 1. The van der Waals surface area contributed by atoms with E-state index in [2.05, 4.69) is 35.8 Å². The summed E-state index contributed by atoms with van der Waals surface area (Å²) >= 11 is 0. The number of benzene rings is 1. The minimum Gasteiger partial charge on any atom is -0.324 e. The van der Waals surface area contributed by atoms with Crippen molar-refractivity contribution in [3.63, 3.8) is 0 Å². The van der Waals surface area contributed by atoms with Gasteiger partial charge in [0.2, 0.25) is 11.9 Å². The molecule has 1 aromatic carbocycles. The van der Waals surface area contributed by atoms with Gasteiger partial charge in [-0.05, 0) is 49.2 Å². The van der Waals surface area contributed by atoms with Gasteiger partial charge in [0.1, 0.15) is 11.3 Å². The molecule has 4 N–H and O–H groups in total. The summed E-state index contributed by atoms with van der Waals surface area (Å²) in [5, 5.41) is 5.21. The fourth-order valence-corrected chi connectivity index (χ4v) is 5.53. The van der Waals surface area contributed by atoms with Crippen LogP contribution in [0.25, 0.3) is 11.0 Å². The molecule has 1 saturated carbocycles. The number of rotatable bonds is 9. The minimum atomic E-state index is -3.85. The molecule has 14 heteroatoms. The second-order valence-corrected chi connectivity index (χ2v) is 10.4. The maximum absolute atomic E-state index is 13.2. The number of hydrazine groups is 2. The molecule has 13 nitrogen and oxygen atoms in total. The molecule has 0 unspecified atom stereocenters. The molecule has 0 saturated heterocycles. The van der Waals surface area contributed by atoms with Crippen LogP contribution in [0.15, 0.2) is 59.9 Å². The Morgan fingerprint density at radius 2 is 1.68 bits per heavy atom. The van der Waals surface area contributed by atoms with Crippen LogP contribution in [0.2, 0.25) is 0 Å². The molecule has 38 heavy (non-hydrogen) atoms. The van der Waals surface area contributed by atoms with Crippen LogP contribution in [0, 0.1) is 0 Å². The molecule has 0 spiro atoms. The first-order valence-electron chi connectivity index (χ1n) is 12.1. The number of nitrogens with zero attached hydrogens (tertiary/aromatic N) is 6. The van der Waals surface area contributed by atoms with Gasteiger partial charge in [-0.2, -0.15) is 4.98 Å². The van der Waals surface area contributed by atoms with Crippen molar-refractivity contribution < 1.29 is 13.2 Å². The molecule has 1 aliphatic rings. The van der Waals surface area contributed by atoms with E-state index < -0.39 is 10.0 Å². The molecule has 5 rings (SSSR count). The molecule has 0 aliphatic heterocycles. The third-order valence-corrected chi connectivity index (χ3v) is 7.69. The summed E-state index contributed by atoms with van der Waals surface area (Å²) < 4.78 is 29.7. The van der Waals surface area contributed by atoms with Crippen LogP contribution in [0.3, 0.4) is 0 Å². The summed E-state index contributed by atoms with van der Waals surface area (Å²) in [4.78, 5) is 30.2. The normalized spacial score (nSPS) is 14.1. The molecule has 0 atom stereocenters. The zero-order valence-corrected chi connectivity index (χ0v) is 21.7. The van der Waals surface area contributed by atoms with Crippen molar-refractivity contribution in [2.24, 2.45) is 0 Å². The molecule has 1 amide bonds. The van der Waals surface area contributed by atoms with Crippen LogP contribution >= 0.6 is 0 Å². The van der Waals surface area contributed by atoms with Gasteiger partial charge in [0.05, 0.1) is 4.90 Å². The highest BCUT2D eigenvalue weighted by Crippen LogP contribution is 2.35. The zero-order chi connectivity index (χ0) is 26.7. The Morgan fingerprint density at radius 3 is 2.34 bits per heavy atom. The summed E-state index contributed by atoms with van der Waals surface area (Å²) in [7, 11) is -0.512. The van der Waals surface area contributed by atoms with Gasteiger partial charge < -0.3 is 9.88 Å². The first kappa shape index (κ1) is 25.5. The van der Waals surface area contributed by atoms with E-state index >= 15 is 0 Å². The smallest absolute Gasteiger partial charge is 0.299 e. The van der Waals surface area contributed by atoms with E-state index in [4.69, 9.17) is 4.98 Å². The van der Waals surface area contributed by atoms with Crippen molar-refractivity contribution in [2.75, 3.05) is 24.1 Å². The van der Waals surface area contributed by atoms with E-state index in [9.17, 15) is 13.2 Å². The lowest BCUT2D eigenvalue weighted by atomic mass is 10.2. The maximum Gasteiger partial charge on any atom is 0.299 e. The Balaban J connectivity index is 1.42. The number of carbonyl (C=O) groups excluding carboxylic acids is 1. The van der Waals surface area contributed by atoms with Crippen molar-refractivity contribution >= 4 is 44.5 Å². The van der Waals surface area contributed by atoms with Crippen molar-refractivity contribution in [3.8, 4) is 0 Å². The van der Waals surface area contributed by atoms with Crippen molar-refractivity contribution in [1.82, 2.24) is 40.5 Å². The average molecular weight is 537 g/mol. The molecule has 1 aliphatic carbocycles. The minimum absolute atomic E-state index is 0.00734. The van der Waals surface area contributed by atoms with Crippen LogP contribution in [-0.4, -0.2) is 58.0 Å². The average Bonchev–Trinajstić information content (AvgIpc) is 3.58. The number of hydrogen-bond acceptors (Lipinski definition) is 10. The van der Waals surface area contributed by atoms with E-state index in [0.29, 0.717) is 23.0 Å². The van der Waals surface area contributed by atoms with Gasteiger partial charge in [0.25, 0.3) is 15.9 Å². The summed E-state index contributed by atoms with van der Waals surface area (Å²) in [5.74, 6) is 0.104. The van der Waals surface area contributed by atoms with Crippen LogP contribution in [-0.2, 0) is 10.0 Å². The molecular weight excluding hydrogens is 508 g/mol. The van der Waals surface area contributed by atoms with E-state index in [0.717, 1.165) is 31.1 Å². The fourth-order valence-electron chi connectivity index (χ4n) is 4.57. The Morgan fingerprint density at radius 1 is 1.00 bits per heavy atom. The Bertz CT molecular complexity index is 1530. The van der Waals surface area contributed by atoms with E-state index in [1.807, 2.05) is 10.6 Å². The van der Waals surface area contributed by atoms with Gasteiger partial charge >= 0.3 is 0 Å². The largest absolute Gasteiger partial charge is 0.324 e. The summed E-state index contributed by atoms with van der Waals surface area (Å²) in [6.45, 7) is 0. The second-order valence-electron chi connectivity index (χ2n) is 8.73. The Labute approximate surface area is 219 Å². The lowest BCUT2D eigenvalue weighted by molar-refractivity contribution is 0.0564. The van der Waals surface area contributed by atoms with Crippen molar-refractivity contribution in [3.05, 3.63) is 60.7 Å². The second kappa shape index (κ2) is 10.7. The number of amides is 1. The molecule has 4 aromatic rings. The van der Waals surface area contributed by atoms with Gasteiger partial charge in [-0.15, -0.1) is 0 Å². The van der Waals surface area contributed by atoms with Crippen LogP contribution in [0.1, 0.15) is 42.2 Å². The van der Waals surface area contributed by atoms with Gasteiger partial charge in [0, 0.05) is 49.8 Å². The standard InChI is InChI=1S/C24H28N10O3S/c1-25-34(26-2)22(35)20-14-16-15-29-24(31-21(16)33(20)18-6-3-4-7-18)30-17-8-10-19(11-9-17)38(36,37)32-23-27-12-5-13-28-23/h5,8-15,18,25-26H,3-4,6-7H2,1-2H3,(H,27,28,32)(H,29,30,31). The predicted octanol–water partition coefficient (Wildman–Crippen LogP) is 2.59. The molecule has 3 heterocycles. The van der Waals surface area contributed by atoms with E-state index in [-0.39, 0.29) is 22.8 Å². The lowest BCUT2D eigenvalue weighted by Crippen LogP contribution is -2.49. The molecule has 3 aromatic heterocycles. The third-order valence-electron chi connectivity index (χ3n) is 6.35. The lowest BCUT2D eigenvalue weighted by Gasteiger charge is -2.22. The molecule has 198 valence electrons. The summed E-state index contributed by atoms with van der Waals surface area (Å²) in [6.07, 6.45) is 8.70. The van der Waals surface area contributed by atoms with Gasteiger partial charge in [-0.3, -0.25) is 4.79 Å². The number of aromatic nitrogens is 5. The highest BCUT2D eigenvalue weighted by atomic mass is 32.2. The first-order valence-corrected chi connectivity index (χ1v) is 13.6. The summed E-state index contributed by atoms with van der Waals surface area (Å²) in [5.41, 5.74) is 7.47. The molecule has 0 radical (unpaired) electrons. The fraction of sp³-hybridized carbons (Fsp3) is 0.292. The molecule has 1 fully saturated rings. The van der Waals surface area contributed by atoms with Gasteiger partial charge in [0.15, 0.2) is 0 Å². The van der Waals surface area contributed by atoms with Gasteiger partial charge in [-0.25, -0.2) is 44.1 Å². The predicted molar refractivity (Wildman–Crippen MR) is 142 cm³/mol. The van der Waals surface area contributed by atoms with Crippen molar-refractivity contribution in [2.45, 2.75) is 36.6 Å². The van der Waals surface area contributed by atoms with E-state index in [1.165, 1.54) is 29.6 Å². The zero-order valence-electron chi connectivity index (χ0n) is 20.9. The van der Waals surface area contributed by atoms with E-state index in [1.54, 1.807) is 38.5 Å². The number of nitrogens with one attached hydrogen (secondary N) is 4. The Hall–Kier alpha value is -4.14. The van der Waals surface area contributed by atoms with Crippen LogP contribution in [0.4, 0.5) is 17.6 Å². The van der Waals surface area contributed by atoms with Crippen molar-refractivity contribution in [1.29, 1.82) is 0 Å². The third kappa shape index (κ3) is 5.14. The quantitative estimate of drug-likeness (QED) is 0.234. The van der Waals surface area contributed by atoms with Crippen LogP contribution in [0.5, 0.6) is 0 Å². The molecule has 0 bridgehead atoms. The first-order chi connectivity index (χ1) is 18.4.